The van der Waals surface area contributed by atoms with Crippen molar-refractivity contribution in [3.63, 3.8) is 0 Å². The first-order valence-corrected chi connectivity index (χ1v) is 5.80. The number of hydrogen-bond acceptors (Lipinski definition) is 4. The number of nitrogen functional groups attached to an aromatic ring is 1. The molecule has 0 unspecified atom stereocenters. The third-order valence-electron chi connectivity index (χ3n) is 1.77. The number of benzene rings is 1. The third-order valence-corrected chi connectivity index (χ3v) is 2.91. The van der Waals surface area contributed by atoms with Gasteiger partial charge in [-0.05, 0) is 37.6 Å². The van der Waals surface area contributed by atoms with Gasteiger partial charge in [-0.15, -0.1) is 0 Å². The number of rotatable bonds is 3. The Labute approximate surface area is 83.8 Å². The van der Waals surface area contributed by atoms with Gasteiger partial charge < -0.3 is 9.92 Å². The lowest BCUT2D eigenvalue weighted by molar-refractivity contribution is 0.485. The second-order valence-corrected chi connectivity index (χ2v) is 4.81. The van der Waals surface area contributed by atoms with E-state index in [4.69, 9.17) is 9.92 Å². The molecule has 0 saturated carbocycles. The third kappa shape index (κ3) is 2.63. The summed E-state index contributed by atoms with van der Waals surface area (Å²) in [6.07, 6.45) is 0. The fraction of sp³-hybridized carbons (Fsp3) is 0.333. The Bertz CT molecular complexity index is 426. The zero-order valence-electron chi connectivity index (χ0n) is 8.15. The van der Waals surface area contributed by atoms with Crippen molar-refractivity contribution in [1.82, 2.24) is 0 Å². The second kappa shape index (κ2) is 3.88. The number of hydrogen-bond donors (Lipinski definition) is 1. The van der Waals surface area contributed by atoms with Crippen LogP contribution >= 0.6 is 0 Å². The molecule has 0 atom stereocenters. The lowest BCUT2D eigenvalue weighted by atomic mass is 10.2. The minimum Gasteiger partial charge on any atom is -0.399 e. The summed E-state index contributed by atoms with van der Waals surface area (Å²) in [6, 6.07) is 4.83. The van der Waals surface area contributed by atoms with Crippen LogP contribution in [0.2, 0.25) is 0 Å². The summed E-state index contributed by atoms with van der Waals surface area (Å²) in [5.74, 6) is 0.289. The number of aryl methyl sites for hydroxylation is 1. The summed E-state index contributed by atoms with van der Waals surface area (Å²) in [5, 5.41) is 0. The van der Waals surface area contributed by atoms with Gasteiger partial charge in [-0.3, -0.25) is 0 Å². The highest BCUT2D eigenvalue weighted by atomic mass is 32.2. The van der Waals surface area contributed by atoms with E-state index < -0.39 is 10.1 Å². The highest BCUT2D eigenvalue weighted by molar-refractivity contribution is 7.87. The van der Waals surface area contributed by atoms with Crippen LogP contribution in [0.25, 0.3) is 0 Å². The fourth-order valence-corrected chi connectivity index (χ4v) is 1.54. The van der Waals surface area contributed by atoms with Crippen molar-refractivity contribution in [3.8, 4) is 5.75 Å². The minimum absolute atomic E-state index is 0.0448. The van der Waals surface area contributed by atoms with Gasteiger partial charge in [0.2, 0.25) is 0 Å². The predicted octanol–water partition coefficient (Wildman–Crippen LogP) is 1.31. The largest absolute Gasteiger partial charge is 0.399 e. The van der Waals surface area contributed by atoms with E-state index in [2.05, 4.69) is 0 Å². The van der Waals surface area contributed by atoms with Crippen molar-refractivity contribution in [2.75, 3.05) is 11.5 Å². The first-order chi connectivity index (χ1) is 6.44. The van der Waals surface area contributed by atoms with E-state index in [9.17, 15) is 8.42 Å². The number of anilines is 1. The van der Waals surface area contributed by atoms with Gasteiger partial charge in [0, 0.05) is 5.69 Å². The Morgan fingerprint density at radius 2 is 2.07 bits per heavy atom. The van der Waals surface area contributed by atoms with Crippen LogP contribution in [0.15, 0.2) is 18.2 Å². The van der Waals surface area contributed by atoms with E-state index in [-0.39, 0.29) is 5.75 Å². The molecule has 1 rings (SSSR count). The molecule has 0 bridgehead atoms. The standard InChI is InChI=1S/C9H13NO3S/c1-3-14(11,12)13-9-5-4-8(10)6-7(9)2/h4-6H,3,10H2,1-2H3. The molecule has 0 radical (unpaired) electrons. The molecule has 0 aromatic heterocycles. The Kier molecular flexibility index (Phi) is 3.00. The zero-order valence-corrected chi connectivity index (χ0v) is 8.97. The van der Waals surface area contributed by atoms with Crippen LogP contribution in [0, 0.1) is 6.92 Å². The van der Waals surface area contributed by atoms with E-state index >= 15 is 0 Å². The molecule has 1 aromatic carbocycles. The van der Waals surface area contributed by atoms with Gasteiger partial charge in [0.25, 0.3) is 0 Å². The maximum atomic E-state index is 11.2. The van der Waals surface area contributed by atoms with Crippen molar-refractivity contribution >= 4 is 15.8 Å². The fourth-order valence-electron chi connectivity index (χ4n) is 0.962. The van der Waals surface area contributed by atoms with Crippen LogP contribution in [0.5, 0.6) is 5.75 Å². The van der Waals surface area contributed by atoms with Crippen molar-refractivity contribution in [1.29, 1.82) is 0 Å². The van der Waals surface area contributed by atoms with E-state index in [1.54, 1.807) is 25.1 Å². The van der Waals surface area contributed by atoms with Crippen LogP contribution < -0.4 is 9.92 Å². The molecule has 0 aliphatic rings. The molecule has 0 saturated heterocycles. The highest BCUT2D eigenvalue weighted by Gasteiger charge is 2.10. The predicted molar refractivity (Wildman–Crippen MR) is 55.7 cm³/mol. The molecule has 78 valence electrons. The summed E-state index contributed by atoms with van der Waals surface area (Å²) >= 11 is 0. The zero-order chi connectivity index (χ0) is 10.8. The van der Waals surface area contributed by atoms with Crippen LogP contribution in [0.3, 0.4) is 0 Å². The smallest absolute Gasteiger partial charge is 0.308 e. The maximum Gasteiger partial charge on any atom is 0.308 e. The normalized spacial score (nSPS) is 11.3. The average Bonchev–Trinajstić information content (AvgIpc) is 2.10. The first-order valence-electron chi connectivity index (χ1n) is 4.23. The molecule has 4 nitrogen and oxygen atoms in total. The van der Waals surface area contributed by atoms with Crippen molar-refractivity contribution < 1.29 is 12.6 Å². The van der Waals surface area contributed by atoms with E-state index in [1.165, 1.54) is 6.92 Å². The summed E-state index contributed by atoms with van der Waals surface area (Å²) in [4.78, 5) is 0. The quantitative estimate of drug-likeness (QED) is 0.609. The molecule has 5 heteroatoms. The molecular weight excluding hydrogens is 202 g/mol. The van der Waals surface area contributed by atoms with Gasteiger partial charge in [-0.25, -0.2) is 0 Å². The molecule has 14 heavy (non-hydrogen) atoms. The molecule has 0 amide bonds. The number of nitrogens with two attached hydrogens (primary N) is 1. The Morgan fingerprint density at radius 3 is 2.57 bits per heavy atom. The lowest BCUT2D eigenvalue weighted by Crippen LogP contribution is -2.12. The maximum absolute atomic E-state index is 11.2. The molecule has 1 aromatic rings. The SMILES string of the molecule is CCS(=O)(=O)Oc1ccc(N)cc1C. The molecule has 0 spiro atoms. The summed E-state index contributed by atoms with van der Waals surface area (Å²) in [7, 11) is -3.45. The minimum atomic E-state index is -3.45. The Morgan fingerprint density at radius 1 is 1.43 bits per heavy atom. The molecular formula is C9H13NO3S. The van der Waals surface area contributed by atoms with Gasteiger partial charge in [0.05, 0.1) is 5.75 Å². The Balaban J connectivity index is 2.99. The van der Waals surface area contributed by atoms with Gasteiger partial charge in [-0.1, -0.05) is 0 Å². The average molecular weight is 215 g/mol. The van der Waals surface area contributed by atoms with E-state index in [0.717, 1.165) is 0 Å². The Hall–Kier alpha value is -1.23. The molecule has 0 heterocycles. The molecule has 2 N–H and O–H groups in total. The summed E-state index contributed by atoms with van der Waals surface area (Å²) in [5.41, 5.74) is 6.82. The topological polar surface area (TPSA) is 69.4 Å². The lowest BCUT2D eigenvalue weighted by Gasteiger charge is -2.07. The van der Waals surface area contributed by atoms with Gasteiger partial charge in [0.15, 0.2) is 0 Å². The van der Waals surface area contributed by atoms with Crippen LogP contribution in [-0.2, 0) is 10.1 Å². The summed E-state index contributed by atoms with van der Waals surface area (Å²) < 4.78 is 27.2. The molecule has 0 aliphatic heterocycles. The van der Waals surface area contributed by atoms with Crippen molar-refractivity contribution in [3.05, 3.63) is 23.8 Å². The first kappa shape index (κ1) is 10.8. The second-order valence-electron chi connectivity index (χ2n) is 2.95. The van der Waals surface area contributed by atoms with E-state index in [0.29, 0.717) is 17.0 Å². The summed E-state index contributed by atoms with van der Waals surface area (Å²) in [6.45, 7) is 3.28. The van der Waals surface area contributed by atoms with Crippen LogP contribution in [-0.4, -0.2) is 14.2 Å². The molecule has 0 aliphatic carbocycles. The van der Waals surface area contributed by atoms with Gasteiger partial charge in [-0.2, -0.15) is 8.42 Å². The highest BCUT2D eigenvalue weighted by Crippen LogP contribution is 2.21. The van der Waals surface area contributed by atoms with Gasteiger partial charge >= 0.3 is 10.1 Å². The van der Waals surface area contributed by atoms with Crippen LogP contribution in [0.4, 0.5) is 5.69 Å². The van der Waals surface area contributed by atoms with Crippen molar-refractivity contribution in [2.45, 2.75) is 13.8 Å². The van der Waals surface area contributed by atoms with Gasteiger partial charge in [0.1, 0.15) is 5.75 Å². The van der Waals surface area contributed by atoms with Crippen molar-refractivity contribution in [2.24, 2.45) is 0 Å². The van der Waals surface area contributed by atoms with E-state index in [1.807, 2.05) is 0 Å². The molecule has 0 fully saturated rings. The monoisotopic (exact) mass is 215 g/mol. The van der Waals surface area contributed by atoms with Crippen LogP contribution in [0.1, 0.15) is 12.5 Å².